The Kier molecular flexibility index (Phi) is 10.4. The average Bonchev–Trinajstić information content (AvgIpc) is 2.82. The maximum atomic E-state index is 13.3. The van der Waals surface area contributed by atoms with E-state index in [4.69, 9.17) is 9.47 Å². The molecule has 1 aliphatic heterocycles. The molecule has 8 nitrogen and oxygen atoms in total. The van der Waals surface area contributed by atoms with Gasteiger partial charge < -0.3 is 14.8 Å². The van der Waals surface area contributed by atoms with Crippen molar-refractivity contribution in [2.75, 3.05) is 19.6 Å². The van der Waals surface area contributed by atoms with Gasteiger partial charge in [0.1, 0.15) is 11.2 Å². The second-order valence-corrected chi connectivity index (χ2v) is 12.4. The number of hydrogen-bond acceptors (Lipinski definition) is 6. The number of unbranched alkanes of at least 4 members (excludes halogenated alkanes) is 1. The highest BCUT2D eigenvalue weighted by Gasteiger charge is 2.33. The number of ether oxygens (including phenoxy) is 2. The van der Waals surface area contributed by atoms with Crippen LogP contribution in [0.15, 0.2) is 42.6 Å². The molecule has 0 saturated carbocycles. The molecule has 0 fully saturated rings. The van der Waals surface area contributed by atoms with Gasteiger partial charge in [-0.3, -0.25) is 14.8 Å². The zero-order valence-electron chi connectivity index (χ0n) is 24.8. The fourth-order valence-corrected chi connectivity index (χ4v) is 4.60. The highest BCUT2D eigenvalue weighted by molar-refractivity contribution is 5.69. The Balaban J connectivity index is 1.70. The van der Waals surface area contributed by atoms with Gasteiger partial charge in [0.2, 0.25) is 0 Å². The highest BCUT2D eigenvalue weighted by Crippen LogP contribution is 2.26. The standard InChI is InChI=1S/C31H46N4O4/c1-23-14-15-26(33-19-23)21-34(17-11-10-16-32-28(36)38-30(2,3)4)22-27-18-24-12-8-9-13-25(24)20-35(27)29(37)39-31(5,6)7/h8-9,12-15,19,27H,10-11,16-18,20-22H2,1-7H3,(H,32,36). The van der Waals surface area contributed by atoms with Crippen LogP contribution in [-0.2, 0) is 29.0 Å². The first-order chi connectivity index (χ1) is 18.3. The Morgan fingerprint density at radius 2 is 1.69 bits per heavy atom. The van der Waals surface area contributed by atoms with Crippen LogP contribution in [0.1, 0.15) is 76.8 Å². The Labute approximate surface area is 234 Å². The molecular weight excluding hydrogens is 492 g/mol. The number of carbonyl (C=O) groups is 2. The summed E-state index contributed by atoms with van der Waals surface area (Å²) in [5.74, 6) is 0. The van der Waals surface area contributed by atoms with Gasteiger partial charge in [0.25, 0.3) is 0 Å². The largest absolute Gasteiger partial charge is 0.444 e. The minimum atomic E-state index is -0.564. The van der Waals surface area contributed by atoms with Crippen LogP contribution in [0.5, 0.6) is 0 Å². The third-order valence-corrected chi connectivity index (χ3v) is 6.38. The minimum absolute atomic E-state index is 0.0277. The number of nitrogens with one attached hydrogen (secondary N) is 1. The normalized spacial score (nSPS) is 15.6. The van der Waals surface area contributed by atoms with Crippen LogP contribution in [-0.4, -0.2) is 63.8 Å². The summed E-state index contributed by atoms with van der Waals surface area (Å²) in [6.45, 7) is 16.6. The van der Waals surface area contributed by atoms with Gasteiger partial charge >= 0.3 is 12.2 Å². The molecule has 1 unspecified atom stereocenters. The molecule has 0 saturated heterocycles. The Morgan fingerprint density at radius 3 is 2.33 bits per heavy atom. The van der Waals surface area contributed by atoms with Crippen molar-refractivity contribution in [1.82, 2.24) is 20.1 Å². The van der Waals surface area contributed by atoms with Crippen molar-refractivity contribution in [2.24, 2.45) is 0 Å². The summed E-state index contributed by atoms with van der Waals surface area (Å²) in [6.07, 6.45) is 3.70. The molecule has 0 bridgehead atoms. The SMILES string of the molecule is Cc1ccc(CN(CCCCNC(=O)OC(C)(C)C)CC2Cc3ccccc3CN2C(=O)OC(C)(C)C)nc1. The summed E-state index contributed by atoms with van der Waals surface area (Å²) < 4.78 is 11.1. The molecule has 2 amide bonds. The van der Waals surface area contributed by atoms with Crippen LogP contribution in [0, 0.1) is 6.92 Å². The molecule has 1 atom stereocenters. The number of amides is 2. The van der Waals surface area contributed by atoms with E-state index in [9.17, 15) is 9.59 Å². The number of carbonyl (C=O) groups excluding carboxylic acids is 2. The molecule has 39 heavy (non-hydrogen) atoms. The van der Waals surface area contributed by atoms with Crippen LogP contribution >= 0.6 is 0 Å². The number of aryl methyl sites for hydroxylation is 1. The quantitative estimate of drug-likeness (QED) is 0.403. The summed E-state index contributed by atoms with van der Waals surface area (Å²) in [7, 11) is 0. The first-order valence-corrected chi connectivity index (χ1v) is 14.0. The molecule has 1 aromatic carbocycles. The van der Waals surface area contributed by atoms with Gasteiger partial charge in [-0.1, -0.05) is 30.3 Å². The molecule has 2 heterocycles. The number of pyridine rings is 1. The lowest BCUT2D eigenvalue weighted by Crippen LogP contribution is -2.51. The highest BCUT2D eigenvalue weighted by atomic mass is 16.6. The number of alkyl carbamates (subject to hydrolysis) is 1. The van der Waals surface area contributed by atoms with Crippen molar-refractivity contribution in [1.29, 1.82) is 0 Å². The van der Waals surface area contributed by atoms with Gasteiger partial charge in [-0.2, -0.15) is 0 Å². The Bertz CT molecular complexity index is 1090. The molecule has 0 spiro atoms. The van der Waals surface area contributed by atoms with Gasteiger partial charge in [0.15, 0.2) is 0 Å². The molecule has 0 aliphatic carbocycles. The fourth-order valence-electron chi connectivity index (χ4n) is 4.60. The van der Waals surface area contributed by atoms with Crippen molar-refractivity contribution in [3.63, 3.8) is 0 Å². The third-order valence-electron chi connectivity index (χ3n) is 6.38. The number of hydrogen-bond donors (Lipinski definition) is 1. The maximum absolute atomic E-state index is 13.3. The van der Waals surface area contributed by atoms with E-state index in [1.165, 1.54) is 11.1 Å². The first-order valence-electron chi connectivity index (χ1n) is 14.0. The Morgan fingerprint density at radius 1 is 1.00 bits per heavy atom. The van der Waals surface area contributed by atoms with Gasteiger partial charge in [-0.05, 0) is 97.0 Å². The van der Waals surface area contributed by atoms with Crippen molar-refractivity contribution < 1.29 is 19.1 Å². The lowest BCUT2D eigenvalue weighted by molar-refractivity contribution is 0.00708. The van der Waals surface area contributed by atoms with Gasteiger partial charge in [-0.15, -0.1) is 0 Å². The lowest BCUT2D eigenvalue weighted by Gasteiger charge is -2.40. The van der Waals surface area contributed by atoms with Crippen LogP contribution < -0.4 is 5.32 Å². The summed E-state index contributed by atoms with van der Waals surface area (Å²) >= 11 is 0. The van der Waals surface area contributed by atoms with E-state index in [1.54, 1.807) is 0 Å². The van der Waals surface area contributed by atoms with Gasteiger partial charge in [0, 0.05) is 32.4 Å². The van der Waals surface area contributed by atoms with E-state index in [0.717, 1.165) is 37.1 Å². The predicted molar refractivity (Wildman–Crippen MR) is 153 cm³/mol. The molecule has 1 aliphatic rings. The first kappa shape index (κ1) is 30.4. The zero-order valence-corrected chi connectivity index (χ0v) is 24.8. The molecule has 3 rings (SSSR count). The topological polar surface area (TPSA) is 84.0 Å². The van der Waals surface area contributed by atoms with E-state index in [2.05, 4.69) is 45.5 Å². The zero-order chi connectivity index (χ0) is 28.6. The number of rotatable bonds is 9. The van der Waals surface area contributed by atoms with E-state index in [0.29, 0.717) is 26.2 Å². The summed E-state index contributed by atoms with van der Waals surface area (Å²) in [6, 6.07) is 12.4. The van der Waals surface area contributed by atoms with E-state index < -0.39 is 17.3 Å². The van der Waals surface area contributed by atoms with E-state index in [1.807, 2.05) is 65.6 Å². The molecule has 2 aromatic rings. The smallest absolute Gasteiger partial charge is 0.410 e. The van der Waals surface area contributed by atoms with E-state index in [-0.39, 0.29) is 12.1 Å². The molecule has 214 valence electrons. The Hall–Kier alpha value is -3.13. The van der Waals surface area contributed by atoms with Crippen molar-refractivity contribution in [3.8, 4) is 0 Å². The second-order valence-electron chi connectivity index (χ2n) is 12.4. The van der Waals surface area contributed by atoms with Crippen LogP contribution in [0.3, 0.4) is 0 Å². The molecule has 1 N–H and O–H groups in total. The monoisotopic (exact) mass is 538 g/mol. The number of nitrogens with zero attached hydrogens (tertiary/aromatic N) is 3. The number of fused-ring (bicyclic) bond motifs is 1. The number of aromatic nitrogens is 1. The number of benzene rings is 1. The summed E-state index contributed by atoms with van der Waals surface area (Å²) in [4.78, 5) is 34.2. The summed E-state index contributed by atoms with van der Waals surface area (Å²) in [5.41, 5.74) is 3.48. The van der Waals surface area contributed by atoms with Crippen molar-refractivity contribution in [3.05, 3.63) is 65.0 Å². The van der Waals surface area contributed by atoms with E-state index >= 15 is 0 Å². The maximum Gasteiger partial charge on any atom is 0.410 e. The lowest BCUT2D eigenvalue weighted by atomic mass is 9.94. The minimum Gasteiger partial charge on any atom is -0.444 e. The van der Waals surface area contributed by atoms with Crippen LogP contribution in [0.25, 0.3) is 0 Å². The molecular formula is C31H46N4O4. The molecule has 1 aromatic heterocycles. The third kappa shape index (κ3) is 10.5. The summed E-state index contributed by atoms with van der Waals surface area (Å²) in [5, 5.41) is 2.84. The average molecular weight is 539 g/mol. The van der Waals surface area contributed by atoms with Crippen LogP contribution in [0.4, 0.5) is 9.59 Å². The van der Waals surface area contributed by atoms with Gasteiger partial charge in [0.05, 0.1) is 11.7 Å². The van der Waals surface area contributed by atoms with Crippen LogP contribution in [0.2, 0.25) is 0 Å². The van der Waals surface area contributed by atoms with Crippen molar-refractivity contribution >= 4 is 12.2 Å². The van der Waals surface area contributed by atoms with Gasteiger partial charge in [-0.25, -0.2) is 9.59 Å². The fraction of sp³-hybridized carbons (Fsp3) is 0.581. The second kappa shape index (κ2) is 13.3. The van der Waals surface area contributed by atoms with Crippen molar-refractivity contribution in [2.45, 2.75) is 98.1 Å². The molecule has 0 radical (unpaired) electrons. The molecule has 8 heteroatoms. The predicted octanol–water partition coefficient (Wildman–Crippen LogP) is 5.86.